The van der Waals surface area contributed by atoms with Gasteiger partial charge in [0, 0.05) is 17.7 Å². The maximum Gasteiger partial charge on any atom is 0.339 e. The molecule has 1 N–H and O–H groups in total. The molecule has 4 heteroatoms. The summed E-state index contributed by atoms with van der Waals surface area (Å²) in [4.78, 5) is 23.8. The average Bonchev–Trinajstić information content (AvgIpc) is 2.28. The van der Waals surface area contributed by atoms with Crippen LogP contribution in [0.2, 0.25) is 0 Å². The number of amides is 1. The van der Waals surface area contributed by atoms with Crippen molar-refractivity contribution >= 4 is 5.91 Å². The Labute approximate surface area is 98.3 Å². The van der Waals surface area contributed by atoms with E-state index in [0.717, 1.165) is 31.2 Å². The lowest BCUT2D eigenvalue weighted by atomic mass is 9.87. The second kappa shape index (κ2) is 3.58. The standard InChI is InChI=1S/C13H13NO3/c1-7-6-10-11(12(15)14-7)8-4-2-3-5-9(8)13(16)17-10/h1-6H2,(H,14,15). The Morgan fingerprint density at radius 1 is 1.12 bits per heavy atom. The summed E-state index contributed by atoms with van der Waals surface area (Å²) >= 11 is 0. The summed E-state index contributed by atoms with van der Waals surface area (Å²) in [5, 5.41) is 2.71. The van der Waals surface area contributed by atoms with Gasteiger partial charge < -0.3 is 9.73 Å². The van der Waals surface area contributed by atoms with Gasteiger partial charge in [-0.15, -0.1) is 0 Å². The molecule has 2 aliphatic rings. The van der Waals surface area contributed by atoms with Gasteiger partial charge >= 0.3 is 5.63 Å². The van der Waals surface area contributed by atoms with Crippen molar-refractivity contribution in [2.24, 2.45) is 0 Å². The fourth-order valence-corrected chi connectivity index (χ4v) is 2.65. The van der Waals surface area contributed by atoms with Crippen molar-refractivity contribution in [3.05, 3.63) is 45.1 Å². The zero-order valence-corrected chi connectivity index (χ0v) is 9.47. The highest BCUT2D eigenvalue weighted by Gasteiger charge is 2.29. The molecular weight excluding hydrogens is 218 g/mol. The van der Waals surface area contributed by atoms with Crippen LogP contribution in [0.3, 0.4) is 0 Å². The van der Waals surface area contributed by atoms with Crippen molar-refractivity contribution in [2.45, 2.75) is 32.1 Å². The van der Waals surface area contributed by atoms with Gasteiger partial charge in [-0.1, -0.05) is 6.58 Å². The summed E-state index contributed by atoms with van der Waals surface area (Å²) in [6, 6.07) is 0. The van der Waals surface area contributed by atoms with Gasteiger partial charge in [-0.25, -0.2) is 4.79 Å². The Hall–Kier alpha value is -1.84. The van der Waals surface area contributed by atoms with E-state index in [4.69, 9.17) is 4.42 Å². The Kier molecular flexibility index (Phi) is 2.18. The van der Waals surface area contributed by atoms with E-state index >= 15 is 0 Å². The third kappa shape index (κ3) is 1.52. The normalized spacial score (nSPS) is 18.4. The van der Waals surface area contributed by atoms with Crippen molar-refractivity contribution in [2.75, 3.05) is 0 Å². The van der Waals surface area contributed by atoms with Crippen LogP contribution in [0.15, 0.2) is 21.5 Å². The fraction of sp³-hybridized carbons (Fsp3) is 0.385. The first-order valence-electron chi connectivity index (χ1n) is 5.83. The molecule has 17 heavy (non-hydrogen) atoms. The second-order valence-electron chi connectivity index (χ2n) is 4.59. The van der Waals surface area contributed by atoms with Crippen molar-refractivity contribution < 1.29 is 9.21 Å². The maximum absolute atomic E-state index is 11.9. The molecule has 0 radical (unpaired) electrons. The molecule has 1 aromatic rings. The Morgan fingerprint density at radius 2 is 1.82 bits per heavy atom. The molecule has 0 atom stereocenters. The molecule has 1 amide bonds. The average molecular weight is 231 g/mol. The van der Waals surface area contributed by atoms with E-state index in [1.165, 1.54) is 0 Å². The maximum atomic E-state index is 11.9. The molecule has 0 spiro atoms. The van der Waals surface area contributed by atoms with Gasteiger partial charge in [0.05, 0.1) is 5.56 Å². The van der Waals surface area contributed by atoms with Crippen LogP contribution in [-0.4, -0.2) is 5.91 Å². The molecule has 0 bridgehead atoms. The molecule has 0 saturated heterocycles. The summed E-state index contributed by atoms with van der Waals surface area (Å²) in [7, 11) is 0. The monoisotopic (exact) mass is 231 g/mol. The molecule has 0 fully saturated rings. The van der Waals surface area contributed by atoms with Crippen molar-refractivity contribution in [3.8, 4) is 0 Å². The highest BCUT2D eigenvalue weighted by molar-refractivity contribution is 5.99. The van der Waals surface area contributed by atoms with Crippen molar-refractivity contribution in [1.29, 1.82) is 0 Å². The number of hydrogen-bond donors (Lipinski definition) is 1. The van der Waals surface area contributed by atoms with E-state index in [2.05, 4.69) is 11.9 Å². The first kappa shape index (κ1) is 10.3. The first-order chi connectivity index (χ1) is 8.16. The van der Waals surface area contributed by atoms with Gasteiger partial charge in [-0.3, -0.25) is 4.79 Å². The largest absolute Gasteiger partial charge is 0.426 e. The van der Waals surface area contributed by atoms with Crippen LogP contribution in [-0.2, 0) is 19.3 Å². The lowest BCUT2D eigenvalue weighted by Crippen LogP contribution is -2.34. The van der Waals surface area contributed by atoms with Gasteiger partial charge in [0.2, 0.25) is 0 Å². The van der Waals surface area contributed by atoms with Crippen LogP contribution in [0.25, 0.3) is 0 Å². The summed E-state index contributed by atoms with van der Waals surface area (Å²) < 4.78 is 5.26. The van der Waals surface area contributed by atoms with E-state index in [-0.39, 0.29) is 11.5 Å². The van der Waals surface area contributed by atoms with Gasteiger partial charge in [0.15, 0.2) is 0 Å². The molecule has 3 rings (SSSR count). The molecule has 4 nitrogen and oxygen atoms in total. The highest BCUT2D eigenvalue weighted by atomic mass is 16.4. The Bertz CT molecular complexity index is 583. The lowest BCUT2D eigenvalue weighted by Gasteiger charge is -2.23. The Morgan fingerprint density at radius 3 is 2.59 bits per heavy atom. The van der Waals surface area contributed by atoms with Crippen LogP contribution in [0.5, 0.6) is 0 Å². The predicted molar refractivity (Wildman–Crippen MR) is 61.9 cm³/mol. The molecule has 0 saturated carbocycles. The topological polar surface area (TPSA) is 59.3 Å². The minimum atomic E-state index is -0.277. The summed E-state index contributed by atoms with van der Waals surface area (Å²) in [5.41, 5.74) is 2.47. The molecule has 88 valence electrons. The number of nitrogens with one attached hydrogen (secondary N) is 1. The Balaban J connectivity index is 2.29. The fourth-order valence-electron chi connectivity index (χ4n) is 2.65. The molecular formula is C13H13NO3. The third-order valence-electron chi connectivity index (χ3n) is 3.40. The summed E-state index contributed by atoms with van der Waals surface area (Å²) in [6.07, 6.45) is 3.95. The number of carbonyl (C=O) groups is 1. The van der Waals surface area contributed by atoms with Crippen LogP contribution in [0, 0.1) is 0 Å². The number of fused-ring (bicyclic) bond motifs is 3. The lowest BCUT2D eigenvalue weighted by molar-refractivity contribution is 0.0952. The van der Waals surface area contributed by atoms with Crippen molar-refractivity contribution in [3.63, 3.8) is 0 Å². The van der Waals surface area contributed by atoms with E-state index in [0.29, 0.717) is 29.0 Å². The quantitative estimate of drug-likeness (QED) is 0.732. The molecule has 0 unspecified atom stereocenters. The second-order valence-corrected chi connectivity index (χ2v) is 4.59. The summed E-state index contributed by atoms with van der Waals surface area (Å²) in [5.74, 6) is 0.294. The SMILES string of the molecule is C=C1Cc2oc(=O)c3c(c2C(=O)N1)CCCC3. The molecule has 1 aromatic heterocycles. The van der Waals surface area contributed by atoms with E-state index in [1.807, 2.05) is 0 Å². The molecule has 2 heterocycles. The van der Waals surface area contributed by atoms with E-state index in [1.54, 1.807) is 0 Å². The van der Waals surface area contributed by atoms with Gasteiger partial charge in [-0.2, -0.15) is 0 Å². The van der Waals surface area contributed by atoms with Crippen LogP contribution in [0.1, 0.15) is 40.1 Å². The first-order valence-corrected chi connectivity index (χ1v) is 5.83. The number of hydrogen-bond acceptors (Lipinski definition) is 3. The molecule has 1 aliphatic carbocycles. The number of carbonyl (C=O) groups excluding carboxylic acids is 1. The van der Waals surface area contributed by atoms with Gasteiger partial charge in [0.1, 0.15) is 5.76 Å². The zero-order chi connectivity index (χ0) is 12.0. The van der Waals surface area contributed by atoms with Gasteiger partial charge in [0.25, 0.3) is 5.91 Å². The third-order valence-corrected chi connectivity index (χ3v) is 3.40. The summed E-state index contributed by atoms with van der Waals surface area (Å²) in [6.45, 7) is 3.71. The van der Waals surface area contributed by atoms with Crippen LogP contribution in [0.4, 0.5) is 0 Å². The number of rotatable bonds is 0. The van der Waals surface area contributed by atoms with E-state index < -0.39 is 0 Å². The minimum Gasteiger partial charge on any atom is -0.426 e. The number of allylic oxidation sites excluding steroid dienone is 1. The van der Waals surface area contributed by atoms with Crippen LogP contribution < -0.4 is 10.9 Å². The van der Waals surface area contributed by atoms with Crippen molar-refractivity contribution in [1.82, 2.24) is 5.32 Å². The van der Waals surface area contributed by atoms with Gasteiger partial charge in [-0.05, 0) is 31.2 Å². The van der Waals surface area contributed by atoms with E-state index in [9.17, 15) is 9.59 Å². The molecule has 1 aliphatic heterocycles. The zero-order valence-electron chi connectivity index (χ0n) is 9.47. The predicted octanol–water partition coefficient (Wildman–Crippen LogP) is 1.32. The smallest absolute Gasteiger partial charge is 0.339 e. The minimum absolute atomic E-state index is 0.182. The molecule has 0 aromatic carbocycles. The van der Waals surface area contributed by atoms with Crippen LogP contribution >= 0.6 is 0 Å². The highest BCUT2D eigenvalue weighted by Crippen LogP contribution is 2.27.